The molecule has 1 saturated carbocycles. The van der Waals surface area contributed by atoms with Gasteiger partial charge in [-0.05, 0) is 39.0 Å². The van der Waals surface area contributed by atoms with Crippen LogP contribution >= 0.6 is 0 Å². The van der Waals surface area contributed by atoms with Gasteiger partial charge in [-0.1, -0.05) is 12.2 Å². The fourth-order valence-electron chi connectivity index (χ4n) is 3.77. The Morgan fingerprint density at radius 3 is 2.27 bits per heavy atom. The van der Waals surface area contributed by atoms with E-state index in [4.69, 9.17) is 4.74 Å². The predicted molar refractivity (Wildman–Crippen MR) is 78.7 cm³/mol. The molecule has 0 aromatic carbocycles. The van der Waals surface area contributed by atoms with Gasteiger partial charge in [-0.2, -0.15) is 0 Å². The van der Waals surface area contributed by atoms with Gasteiger partial charge < -0.3 is 10.1 Å². The molecule has 3 amide bonds. The van der Waals surface area contributed by atoms with Crippen molar-refractivity contribution in [3.8, 4) is 0 Å². The number of nitrogens with one attached hydrogen (secondary N) is 1. The van der Waals surface area contributed by atoms with Gasteiger partial charge in [-0.25, -0.2) is 4.79 Å². The van der Waals surface area contributed by atoms with E-state index in [1.807, 2.05) is 0 Å². The summed E-state index contributed by atoms with van der Waals surface area (Å²) in [5.74, 6) is -0.0886. The van der Waals surface area contributed by atoms with Gasteiger partial charge in [0.25, 0.3) is 0 Å². The van der Waals surface area contributed by atoms with Crippen molar-refractivity contribution in [1.82, 2.24) is 10.2 Å². The van der Waals surface area contributed by atoms with Gasteiger partial charge >= 0.3 is 6.09 Å². The summed E-state index contributed by atoms with van der Waals surface area (Å²) < 4.78 is 5.13. The van der Waals surface area contributed by atoms with Crippen LogP contribution in [0.3, 0.4) is 0 Å². The highest BCUT2D eigenvalue weighted by Gasteiger charge is 2.58. The number of amides is 3. The molecule has 120 valence electrons. The van der Waals surface area contributed by atoms with Gasteiger partial charge in [0.2, 0.25) is 11.8 Å². The van der Waals surface area contributed by atoms with Crippen LogP contribution in [0.25, 0.3) is 0 Å². The van der Waals surface area contributed by atoms with Gasteiger partial charge in [-0.15, -0.1) is 0 Å². The summed E-state index contributed by atoms with van der Waals surface area (Å²) in [6, 6.07) is 0. The summed E-state index contributed by atoms with van der Waals surface area (Å²) in [5.41, 5.74) is -0.564. The Hall–Kier alpha value is -1.85. The monoisotopic (exact) mass is 306 g/mol. The summed E-state index contributed by atoms with van der Waals surface area (Å²) >= 11 is 0. The fraction of sp³-hybridized carbons (Fsp3) is 0.688. The Labute approximate surface area is 129 Å². The Bertz CT molecular complexity index is 519. The summed E-state index contributed by atoms with van der Waals surface area (Å²) in [4.78, 5) is 37.7. The third kappa shape index (κ3) is 2.51. The number of ether oxygens (including phenoxy) is 1. The molecular weight excluding hydrogens is 284 g/mol. The van der Waals surface area contributed by atoms with E-state index in [2.05, 4.69) is 17.5 Å². The number of rotatable bonds is 3. The van der Waals surface area contributed by atoms with Gasteiger partial charge in [0.15, 0.2) is 0 Å². The molecule has 0 aromatic heterocycles. The molecule has 3 rings (SSSR count). The van der Waals surface area contributed by atoms with Crippen LogP contribution in [0, 0.1) is 23.7 Å². The number of hydrogen-bond acceptors (Lipinski definition) is 4. The summed E-state index contributed by atoms with van der Waals surface area (Å²) in [7, 11) is 0. The SMILES string of the molecule is CC(C)(C)OC(=O)NCCN1C(=O)[C@@H]2C3C=CC(C3)[C@@H]2C1=O. The van der Waals surface area contributed by atoms with E-state index in [0.29, 0.717) is 0 Å². The van der Waals surface area contributed by atoms with Crippen LogP contribution in [0.15, 0.2) is 12.2 Å². The van der Waals surface area contributed by atoms with Crippen molar-refractivity contribution in [3.05, 3.63) is 12.2 Å². The van der Waals surface area contributed by atoms with Crippen LogP contribution in [-0.2, 0) is 14.3 Å². The minimum atomic E-state index is -0.564. The molecule has 0 aromatic rings. The smallest absolute Gasteiger partial charge is 0.407 e. The van der Waals surface area contributed by atoms with E-state index < -0.39 is 11.7 Å². The first-order valence-electron chi connectivity index (χ1n) is 7.78. The van der Waals surface area contributed by atoms with Crippen molar-refractivity contribution in [2.45, 2.75) is 32.8 Å². The number of allylic oxidation sites excluding steroid dienone is 2. The molecule has 2 fully saturated rings. The molecule has 22 heavy (non-hydrogen) atoms. The molecule has 1 heterocycles. The second kappa shape index (κ2) is 5.11. The summed E-state index contributed by atoms with van der Waals surface area (Å²) in [5, 5.41) is 2.59. The number of fused-ring (bicyclic) bond motifs is 5. The van der Waals surface area contributed by atoms with Crippen LogP contribution in [0.1, 0.15) is 27.2 Å². The van der Waals surface area contributed by atoms with Crippen LogP contribution in [0.5, 0.6) is 0 Å². The lowest BCUT2D eigenvalue weighted by molar-refractivity contribution is -0.140. The minimum Gasteiger partial charge on any atom is -0.444 e. The number of imide groups is 1. The van der Waals surface area contributed by atoms with Gasteiger partial charge in [0.1, 0.15) is 5.60 Å². The molecule has 0 spiro atoms. The molecule has 6 heteroatoms. The number of carbonyl (C=O) groups is 3. The topological polar surface area (TPSA) is 75.7 Å². The lowest BCUT2D eigenvalue weighted by atomic mass is 9.85. The highest BCUT2D eigenvalue weighted by atomic mass is 16.6. The zero-order valence-corrected chi connectivity index (χ0v) is 13.2. The molecule has 3 aliphatic rings. The third-order valence-electron chi connectivity index (χ3n) is 4.57. The number of alkyl carbamates (subject to hydrolysis) is 1. The average Bonchev–Trinajstić information content (AvgIpc) is 3.05. The normalized spacial score (nSPS) is 32.6. The molecular formula is C16H22N2O4. The number of hydrogen-bond donors (Lipinski definition) is 1. The Morgan fingerprint density at radius 2 is 1.77 bits per heavy atom. The van der Waals surface area contributed by atoms with Crippen molar-refractivity contribution in [2.24, 2.45) is 23.7 Å². The van der Waals surface area contributed by atoms with Gasteiger partial charge in [-0.3, -0.25) is 14.5 Å². The Kier molecular flexibility index (Phi) is 3.50. The fourth-order valence-corrected chi connectivity index (χ4v) is 3.77. The summed E-state index contributed by atoms with van der Waals surface area (Å²) in [6.07, 6.45) is 4.53. The molecule has 1 aliphatic heterocycles. The molecule has 1 saturated heterocycles. The highest BCUT2D eigenvalue weighted by molar-refractivity contribution is 6.06. The van der Waals surface area contributed by atoms with Crippen LogP contribution in [0.2, 0.25) is 0 Å². The van der Waals surface area contributed by atoms with Crippen LogP contribution < -0.4 is 5.32 Å². The second-order valence-corrected chi connectivity index (χ2v) is 7.26. The standard InChI is InChI=1S/C16H22N2O4/c1-16(2,3)22-15(21)17-6-7-18-13(19)11-9-4-5-10(8-9)12(11)14(18)20/h4-5,9-12H,6-8H2,1-3H3,(H,17,21)/t9?,10?,11-,12+. The lowest BCUT2D eigenvalue weighted by Gasteiger charge is -2.21. The molecule has 2 bridgehead atoms. The molecule has 2 unspecified atom stereocenters. The maximum atomic E-state index is 12.4. The van der Waals surface area contributed by atoms with Crippen molar-refractivity contribution in [2.75, 3.05) is 13.1 Å². The summed E-state index contributed by atoms with van der Waals surface area (Å²) in [6.45, 7) is 5.77. The molecule has 6 nitrogen and oxygen atoms in total. The first-order chi connectivity index (χ1) is 10.3. The van der Waals surface area contributed by atoms with Crippen molar-refractivity contribution in [3.63, 3.8) is 0 Å². The van der Waals surface area contributed by atoms with Crippen molar-refractivity contribution in [1.29, 1.82) is 0 Å². The van der Waals surface area contributed by atoms with Crippen molar-refractivity contribution >= 4 is 17.9 Å². The zero-order valence-electron chi connectivity index (χ0n) is 13.2. The van der Waals surface area contributed by atoms with E-state index >= 15 is 0 Å². The van der Waals surface area contributed by atoms with Crippen LogP contribution in [0.4, 0.5) is 4.79 Å². The highest BCUT2D eigenvalue weighted by Crippen LogP contribution is 2.52. The third-order valence-corrected chi connectivity index (χ3v) is 4.57. The first kappa shape index (κ1) is 15.1. The second-order valence-electron chi connectivity index (χ2n) is 7.26. The maximum absolute atomic E-state index is 12.4. The largest absolute Gasteiger partial charge is 0.444 e. The number of nitrogens with zero attached hydrogens (tertiary/aromatic N) is 1. The number of likely N-dealkylation sites (tertiary alicyclic amines) is 1. The van der Waals surface area contributed by atoms with E-state index in [1.165, 1.54) is 4.90 Å². The Balaban J connectivity index is 1.53. The van der Waals surface area contributed by atoms with Gasteiger partial charge in [0, 0.05) is 13.1 Å². The molecule has 4 atom stereocenters. The minimum absolute atomic E-state index is 0.0853. The average molecular weight is 306 g/mol. The zero-order chi connectivity index (χ0) is 16.1. The predicted octanol–water partition coefficient (Wildman–Crippen LogP) is 1.32. The number of carbonyl (C=O) groups excluding carboxylic acids is 3. The molecule has 0 radical (unpaired) electrons. The quantitative estimate of drug-likeness (QED) is 0.630. The molecule has 1 N–H and O–H groups in total. The van der Waals surface area contributed by atoms with E-state index in [9.17, 15) is 14.4 Å². The lowest BCUT2D eigenvalue weighted by Crippen LogP contribution is -2.41. The van der Waals surface area contributed by atoms with Gasteiger partial charge in [0.05, 0.1) is 11.8 Å². The van der Waals surface area contributed by atoms with Crippen molar-refractivity contribution < 1.29 is 19.1 Å². The van der Waals surface area contributed by atoms with Crippen LogP contribution in [-0.4, -0.2) is 41.5 Å². The maximum Gasteiger partial charge on any atom is 0.407 e. The van der Waals surface area contributed by atoms with E-state index in [-0.39, 0.29) is 48.6 Å². The van der Waals surface area contributed by atoms with E-state index in [0.717, 1.165) is 6.42 Å². The van der Waals surface area contributed by atoms with E-state index in [1.54, 1.807) is 20.8 Å². The molecule has 2 aliphatic carbocycles. The Morgan fingerprint density at radius 1 is 1.23 bits per heavy atom. The first-order valence-corrected chi connectivity index (χ1v) is 7.78.